The molecule has 0 radical (unpaired) electrons. The Hall–Kier alpha value is -1.46. The number of nitrogens with two attached hydrogens (primary N) is 1. The fourth-order valence-electron chi connectivity index (χ4n) is 1.26. The second-order valence-electron chi connectivity index (χ2n) is 3.30. The molecule has 6 heteroatoms. The minimum absolute atomic E-state index is 0.143. The fourth-order valence-corrected chi connectivity index (χ4v) is 1.75. The zero-order chi connectivity index (χ0) is 12.4. The van der Waals surface area contributed by atoms with Crippen molar-refractivity contribution < 1.29 is 9.21 Å². The highest BCUT2D eigenvalue weighted by atomic mass is 79.9. The van der Waals surface area contributed by atoms with Crippen LogP contribution >= 0.6 is 27.5 Å². The molecule has 0 atom stereocenters. The fraction of sp³-hybridized carbons (Fsp3) is 0. The number of nitrogen functional groups attached to an aromatic ring is 1. The summed E-state index contributed by atoms with van der Waals surface area (Å²) in [7, 11) is 0. The SMILES string of the molecule is Nc1ccc(Br)c(NC(=O)c2ccc(Cl)o2)c1. The van der Waals surface area contributed by atoms with E-state index in [1.54, 1.807) is 18.2 Å². The zero-order valence-electron chi connectivity index (χ0n) is 8.54. The molecule has 0 unspecified atom stereocenters. The van der Waals surface area contributed by atoms with E-state index in [1.165, 1.54) is 12.1 Å². The van der Waals surface area contributed by atoms with Gasteiger partial charge in [0, 0.05) is 10.2 Å². The van der Waals surface area contributed by atoms with Gasteiger partial charge in [0.05, 0.1) is 5.69 Å². The van der Waals surface area contributed by atoms with Crippen molar-refractivity contribution in [2.24, 2.45) is 0 Å². The van der Waals surface area contributed by atoms with Crippen LogP contribution in [0.5, 0.6) is 0 Å². The molecule has 3 N–H and O–H groups in total. The third kappa shape index (κ3) is 2.81. The average molecular weight is 316 g/mol. The summed E-state index contributed by atoms with van der Waals surface area (Å²) in [6.45, 7) is 0. The van der Waals surface area contributed by atoms with Crippen molar-refractivity contribution >= 4 is 44.8 Å². The maximum absolute atomic E-state index is 11.8. The molecular weight excluding hydrogens is 307 g/mol. The van der Waals surface area contributed by atoms with E-state index in [1.807, 2.05) is 0 Å². The number of nitrogens with one attached hydrogen (secondary N) is 1. The lowest BCUT2D eigenvalue weighted by atomic mass is 10.3. The molecular formula is C11H8BrClN2O2. The Labute approximate surface area is 111 Å². The summed E-state index contributed by atoms with van der Waals surface area (Å²) in [5, 5.41) is 2.83. The number of hydrogen-bond acceptors (Lipinski definition) is 3. The molecule has 2 rings (SSSR count). The number of halogens is 2. The highest BCUT2D eigenvalue weighted by Crippen LogP contribution is 2.25. The first-order valence-corrected chi connectivity index (χ1v) is 5.85. The second kappa shape index (κ2) is 4.81. The minimum atomic E-state index is -0.386. The lowest BCUT2D eigenvalue weighted by Crippen LogP contribution is -2.11. The van der Waals surface area contributed by atoms with Crippen LogP contribution in [0, 0.1) is 0 Å². The largest absolute Gasteiger partial charge is 0.440 e. The third-order valence-electron chi connectivity index (χ3n) is 2.04. The van der Waals surface area contributed by atoms with Gasteiger partial charge in [-0.1, -0.05) is 0 Å². The predicted octanol–water partition coefficient (Wildman–Crippen LogP) is 3.53. The average Bonchev–Trinajstić information content (AvgIpc) is 2.70. The van der Waals surface area contributed by atoms with Gasteiger partial charge in [0.25, 0.3) is 5.91 Å². The Morgan fingerprint density at radius 2 is 2.12 bits per heavy atom. The van der Waals surface area contributed by atoms with Gasteiger partial charge in [0.1, 0.15) is 0 Å². The molecule has 1 heterocycles. The van der Waals surface area contributed by atoms with Crippen molar-refractivity contribution in [3.63, 3.8) is 0 Å². The molecule has 1 amide bonds. The molecule has 0 spiro atoms. The van der Waals surface area contributed by atoms with Crippen molar-refractivity contribution in [1.82, 2.24) is 0 Å². The van der Waals surface area contributed by atoms with Crippen LogP contribution in [0.1, 0.15) is 10.6 Å². The normalized spacial score (nSPS) is 10.2. The Balaban J connectivity index is 2.21. The molecule has 0 bridgehead atoms. The minimum Gasteiger partial charge on any atom is -0.440 e. The van der Waals surface area contributed by atoms with E-state index >= 15 is 0 Å². The van der Waals surface area contributed by atoms with E-state index in [9.17, 15) is 4.79 Å². The highest BCUT2D eigenvalue weighted by Gasteiger charge is 2.12. The number of anilines is 2. The number of carbonyl (C=O) groups excluding carboxylic acids is 1. The number of hydrogen-bond donors (Lipinski definition) is 2. The number of benzene rings is 1. The van der Waals surface area contributed by atoms with Crippen LogP contribution in [0.4, 0.5) is 11.4 Å². The molecule has 88 valence electrons. The number of furan rings is 1. The van der Waals surface area contributed by atoms with Crippen LogP contribution in [-0.4, -0.2) is 5.91 Å². The molecule has 0 saturated carbocycles. The molecule has 4 nitrogen and oxygen atoms in total. The van der Waals surface area contributed by atoms with E-state index in [-0.39, 0.29) is 16.9 Å². The maximum Gasteiger partial charge on any atom is 0.291 e. The first kappa shape index (κ1) is 12.0. The number of rotatable bonds is 2. The molecule has 0 saturated heterocycles. The summed E-state index contributed by atoms with van der Waals surface area (Å²) >= 11 is 8.90. The zero-order valence-corrected chi connectivity index (χ0v) is 10.9. The van der Waals surface area contributed by atoms with Crippen molar-refractivity contribution in [3.8, 4) is 0 Å². The smallest absolute Gasteiger partial charge is 0.291 e. The third-order valence-corrected chi connectivity index (χ3v) is 2.93. The summed E-state index contributed by atoms with van der Waals surface area (Å²) in [6, 6.07) is 8.12. The van der Waals surface area contributed by atoms with Gasteiger partial charge in [0.2, 0.25) is 0 Å². The van der Waals surface area contributed by atoms with E-state index in [0.29, 0.717) is 11.4 Å². The van der Waals surface area contributed by atoms with Crippen LogP contribution in [0.2, 0.25) is 5.22 Å². The van der Waals surface area contributed by atoms with Crippen LogP contribution in [0.25, 0.3) is 0 Å². The van der Waals surface area contributed by atoms with E-state index in [4.69, 9.17) is 21.8 Å². The maximum atomic E-state index is 11.8. The van der Waals surface area contributed by atoms with Gasteiger partial charge in [-0.15, -0.1) is 0 Å². The topological polar surface area (TPSA) is 68.3 Å². The summed E-state index contributed by atoms with van der Waals surface area (Å²) in [4.78, 5) is 11.8. The monoisotopic (exact) mass is 314 g/mol. The Bertz CT molecular complexity index is 568. The van der Waals surface area contributed by atoms with Gasteiger partial charge >= 0.3 is 0 Å². The quantitative estimate of drug-likeness (QED) is 0.833. The Morgan fingerprint density at radius 3 is 2.76 bits per heavy atom. The van der Waals surface area contributed by atoms with Crippen molar-refractivity contribution in [1.29, 1.82) is 0 Å². The van der Waals surface area contributed by atoms with Crippen LogP contribution in [-0.2, 0) is 0 Å². The van der Waals surface area contributed by atoms with Gasteiger partial charge < -0.3 is 15.5 Å². The standard InChI is InChI=1S/C11H8BrClN2O2/c12-7-2-1-6(14)5-8(7)15-11(16)9-3-4-10(13)17-9/h1-5H,14H2,(H,15,16). The van der Waals surface area contributed by atoms with E-state index < -0.39 is 0 Å². The van der Waals surface area contributed by atoms with Crippen LogP contribution in [0.15, 0.2) is 39.2 Å². The molecule has 2 aromatic rings. The molecule has 1 aromatic carbocycles. The first-order chi connectivity index (χ1) is 8.06. The van der Waals surface area contributed by atoms with E-state index in [0.717, 1.165) is 4.47 Å². The lowest BCUT2D eigenvalue weighted by Gasteiger charge is -2.06. The summed E-state index contributed by atoms with van der Waals surface area (Å²) in [5.41, 5.74) is 6.76. The van der Waals surface area contributed by atoms with Gasteiger partial charge in [-0.25, -0.2) is 0 Å². The van der Waals surface area contributed by atoms with Crippen molar-refractivity contribution in [3.05, 3.63) is 45.8 Å². The molecule has 0 aliphatic carbocycles. The number of carbonyl (C=O) groups is 1. The van der Waals surface area contributed by atoms with Crippen LogP contribution < -0.4 is 11.1 Å². The molecule has 0 aliphatic rings. The van der Waals surface area contributed by atoms with Gasteiger partial charge in [-0.05, 0) is 57.9 Å². The van der Waals surface area contributed by atoms with Gasteiger partial charge in [-0.3, -0.25) is 4.79 Å². The number of amides is 1. The van der Waals surface area contributed by atoms with Gasteiger partial charge in [0.15, 0.2) is 11.0 Å². The molecule has 0 fully saturated rings. The highest BCUT2D eigenvalue weighted by molar-refractivity contribution is 9.10. The van der Waals surface area contributed by atoms with Crippen LogP contribution in [0.3, 0.4) is 0 Å². The Kier molecular flexibility index (Phi) is 3.40. The van der Waals surface area contributed by atoms with E-state index in [2.05, 4.69) is 21.2 Å². The molecule has 0 aliphatic heterocycles. The summed E-state index contributed by atoms with van der Waals surface area (Å²) in [5.74, 6) is -0.243. The first-order valence-electron chi connectivity index (χ1n) is 4.68. The summed E-state index contributed by atoms with van der Waals surface area (Å²) < 4.78 is 5.73. The van der Waals surface area contributed by atoms with Gasteiger partial charge in [-0.2, -0.15) is 0 Å². The molecule has 1 aromatic heterocycles. The summed E-state index contributed by atoms with van der Waals surface area (Å²) in [6.07, 6.45) is 0. The predicted molar refractivity (Wildman–Crippen MR) is 70.2 cm³/mol. The van der Waals surface area contributed by atoms with Crippen molar-refractivity contribution in [2.45, 2.75) is 0 Å². The Morgan fingerprint density at radius 1 is 1.35 bits per heavy atom. The van der Waals surface area contributed by atoms with Crippen molar-refractivity contribution in [2.75, 3.05) is 11.1 Å². The second-order valence-corrected chi connectivity index (χ2v) is 4.52. The molecule has 17 heavy (non-hydrogen) atoms. The lowest BCUT2D eigenvalue weighted by molar-refractivity contribution is 0.0996.